The second-order valence-electron chi connectivity index (χ2n) is 9.88. The number of methoxy groups -OCH3 is 2. The predicted molar refractivity (Wildman–Crippen MR) is 165 cm³/mol. The number of amidine groups is 2. The molecule has 220 valence electrons. The van der Waals surface area contributed by atoms with E-state index >= 15 is 0 Å². The third-order valence-corrected chi connectivity index (χ3v) is 7.31. The fourth-order valence-corrected chi connectivity index (χ4v) is 5.03. The number of ether oxygens (including phenoxy) is 2. The number of rotatable bonds is 6. The summed E-state index contributed by atoms with van der Waals surface area (Å²) in [7, 11) is 3.26. The molecular weight excluding hydrogens is 551 g/mol. The maximum absolute atomic E-state index is 12.0. The highest BCUT2D eigenvalue weighted by Gasteiger charge is 2.42. The van der Waals surface area contributed by atoms with Crippen LogP contribution in [0.4, 0.5) is 0 Å². The molecule has 40 heavy (non-hydrogen) atoms. The zero-order chi connectivity index (χ0) is 26.8. The van der Waals surface area contributed by atoms with E-state index in [9.17, 15) is 9.90 Å². The number of ketones is 1. The number of aliphatic hydroxyl groups is 1. The van der Waals surface area contributed by atoms with E-state index in [2.05, 4.69) is 20.2 Å². The second-order valence-corrected chi connectivity index (χ2v) is 9.88. The molecule has 1 saturated heterocycles. The number of hydrogen-bond donors (Lipinski definition) is 2. The summed E-state index contributed by atoms with van der Waals surface area (Å²) in [5, 5.41) is 14.2. The van der Waals surface area contributed by atoms with Gasteiger partial charge in [0.1, 0.15) is 17.3 Å². The maximum Gasteiger partial charge on any atom is 0.185 e. The molecule has 1 atom stereocenters. The highest BCUT2D eigenvalue weighted by Crippen LogP contribution is 2.35. The van der Waals surface area contributed by atoms with Crippen LogP contribution in [0, 0.1) is 0 Å². The SMILES string of the molecule is COc1ccc(C(=O)CNC2=NCCCCC2)cc1.COc1ccc(C2(O)CN=C3CCCCCN32)cc1.Cl.Cl. The number of fused-ring (bicyclic) bond motifs is 1. The Labute approximate surface area is 250 Å². The highest BCUT2D eigenvalue weighted by atomic mass is 35.5. The number of nitrogens with one attached hydrogen (secondary N) is 1. The van der Waals surface area contributed by atoms with Crippen molar-refractivity contribution in [2.75, 3.05) is 40.4 Å². The van der Waals surface area contributed by atoms with Crippen LogP contribution in [0.1, 0.15) is 67.3 Å². The molecular formula is C30H42Cl2N4O4. The van der Waals surface area contributed by atoms with Crippen molar-refractivity contribution in [2.45, 2.75) is 57.1 Å². The zero-order valence-corrected chi connectivity index (χ0v) is 25.1. The van der Waals surface area contributed by atoms with Crippen molar-refractivity contribution in [1.29, 1.82) is 0 Å². The summed E-state index contributed by atoms with van der Waals surface area (Å²) in [6.45, 7) is 2.51. The smallest absolute Gasteiger partial charge is 0.185 e. The van der Waals surface area contributed by atoms with Crippen LogP contribution in [0.5, 0.6) is 11.5 Å². The number of carbonyl (C=O) groups is 1. The number of aliphatic imine (C=N–C) groups is 2. The first-order chi connectivity index (χ1) is 18.5. The molecule has 10 heteroatoms. The first-order valence-electron chi connectivity index (χ1n) is 13.7. The minimum absolute atomic E-state index is 0. The average molecular weight is 594 g/mol. The van der Waals surface area contributed by atoms with Gasteiger partial charge in [-0.05, 0) is 62.1 Å². The lowest BCUT2D eigenvalue weighted by Crippen LogP contribution is -2.46. The topological polar surface area (TPSA) is 95.8 Å². The average Bonchev–Trinajstić information content (AvgIpc) is 3.20. The molecule has 2 N–H and O–H groups in total. The minimum Gasteiger partial charge on any atom is -0.497 e. The van der Waals surface area contributed by atoms with Gasteiger partial charge in [-0.15, -0.1) is 24.8 Å². The molecule has 0 amide bonds. The Morgan fingerprint density at radius 3 is 2.17 bits per heavy atom. The zero-order valence-electron chi connectivity index (χ0n) is 23.4. The van der Waals surface area contributed by atoms with E-state index in [0.29, 0.717) is 18.7 Å². The molecule has 1 fully saturated rings. The molecule has 0 radical (unpaired) electrons. The molecule has 1 unspecified atom stereocenters. The van der Waals surface area contributed by atoms with Gasteiger partial charge in [0.2, 0.25) is 0 Å². The van der Waals surface area contributed by atoms with Crippen molar-refractivity contribution in [3.63, 3.8) is 0 Å². The van der Waals surface area contributed by atoms with Gasteiger partial charge < -0.3 is 24.8 Å². The predicted octanol–water partition coefficient (Wildman–Crippen LogP) is 5.41. The van der Waals surface area contributed by atoms with E-state index in [0.717, 1.165) is 73.9 Å². The largest absolute Gasteiger partial charge is 0.497 e. The summed E-state index contributed by atoms with van der Waals surface area (Å²) in [5.74, 6) is 3.68. The van der Waals surface area contributed by atoms with Gasteiger partial charge in [-0.2, -0.15) is 0 Å². The van der Waals surface area contributed by atoms with E-state index in [1.165, 1.54) is 19.3 Å². The lowest BCUT2D eigenvalue weighted by molar-refractivity contribution is -0.0557. The summed E-state index contributed by atoms with van der Waals surface area (Å²) >= 11 is 0. The quantitative estimate of drug-likeness (QED) is 0.435. The van der Waals surface area contributed by atoms with E-state index in [1.807, 2.05) is 24.3 Å². The van der Waals surface area contributed by atoms with Crippen molar-refractivity contribution < 1.29 is 19.4 Å². The van der Waals surface area contributed by atoms with Gasteiger partial charge in [0.05, 0.1) is 33.1 Å². The molecule has 5 rings (SSSR count). The van der Waals surface area contributed by atoms with E-state index in [1.54, 1.807) is 38.5 Å². The summed E-state index contributed by atoms with van der Waals surface area (Å²) < 4.78 is 10.2. The van der Waals surface area contributed by atoms with Gasteiger partial charge in [0.25, 0.3) is 0 Å². The number of carbonyl (C=O) groups excluding carboxylic acids is 1. The molecule has 3 aliphatic rings. The van der Waals surface area contributed by atoms with Crippen LogP contribution in [0.25, 0.3) is 0 Å². The number of Topliss-reactive ketones (excluding diaryl/α,β-unsaturated/α-hetero) is 1. The maximum atomic E-state index is 12.0. The van der Waals surface area contributed by atoms with Crippen molar-refractivity contribution in [2.24, 2.45) is 9.98 Å². The molecule has 0 bridgehead atoms. The van der Waals surface area contributed by atoms with Crippen LogP contribution in [0.2, 0.25) is 0 Å². The third-order valence-electron chi connectivity index (χ3n) is 7.31. The van der Waals surface area contributed by atoms with Gasteiger partial charge in [0, 0.05) is 37.1 Å². The van der Waals surface area contributed by atoms with E-state index in [-0.39, 0.29) is 30.6 Å². The molecule has 2 aromatic rings. The number of halogens is 2. The van der Waals surface area contributed by atoms with Gasteiger partial charge in [-0.1, -0.05) is 25.0 Å². The Balaban J connectivity index is 0.000000267. The molecule has 8 nitrogen and oxygen atoms in total. The molecule has 0 spiro atoms. The summed E-state index contributed by atoms with van der Waals surface area (Å²) in [5.41, 5.74) is 0.628. The van der Waals surface area contributed by atoms with Crippen molar-refractivity contribution in [1.82, 2.24) is 10.2 Å². The van der Waals surface area contributed by atoms with Gasteiger partial charge in [0.15, 0.2) is 11.5 Å². The first kappa shape index (κ1) is 33.4. The van der Waals surface area contributed by atoms with Crippen molar-refractivity contribution >= 4 is 42.3 Å². The molecule has 0 aliphatic carbocycles. The van der Waals surface area contributed by atoms with Crippen LogP contribution >= 0.6 is 24.8 Å². The van der Waals surface area contributed by atoms with Crippen LogP contribution in [-0.4, -0.2) is 67.9 Å². The molecule has 3 heterocycles. The van der Waals surface area contributed by atoms with Gasteiger partial charge in [-0.25, -0.2) is 0 Å². The minimum atomic E-state index is -0.966. The van der Waals surface area contributed by atoms with Crippen LogP contribution in [0.15, 0.2) is 58.5 Å². The van der Waals surface area contributed by atoms with E-state index in [4.69, 9.17) is 9.47 Å². The Morgan fingerprint density at radius 1 is 0.875 bits per heavy atom. The van der Waals surface area contributed by atoms with Crippen LogP contribution in [-0.2, 0) is 5.72 Å². The normalized spacial score (nSPS) is 19.9. The standard InChI is InChI=1S/2C15H20N2O2.2ClH/c1-19-13-8-6-12(7-9-13)15(18)11-16-14-5-3-2-4-10-17(14)15;1-19-13-8-6-12(7-9-13)14(18)11-17-15-5-3-2-4-10-16-15;;/h6-9,18H,2-5,10-11H2,1H3;6-9H,2-5,10-11H2,1H3,(H,16,17);2*1H. The molecule has 0 saturated carbocycles. The second kappa shape index (κ2) is 16.5. The molecule has 0 aromatic heterocycles. The lowest BCUT2D eigenvalue weighted by atomic mass is 10.0. The van der Waals surface area contributed by atoms with Crippen LogP contribution in [0.3, 0.4) is 0 Å². The number of hydrogen-bond acceptors (Lipinski definition) is 8. The third kappa shape index (κ3) is 8.59. The monoisotopic (exact) mass is 592 g/mol. The fourth-order valence-electron chi connectivity index (χ4n) is 5.03. The highest BCUT2D eigenvalue weighted by molar-refractivity contribution is 6.00. The number of nitrogens with zero attached hydrogens (tertiary/aromatic N) is 3. The van der Waals surface area contributed by atoms with Gasteiger partial charge >= 0.3 is 0 Å². The summed E-state index contributed by atoms with van der Waals surface area (Å²) in [6, 6.07) is 14.8. The van der Waals surface area contributed by atoms with Crippen molar-refractivity contribution in [3.05, 3.63) is 59.7 Å². The summed E-state index contributed by atoms with van der Waals surface area (Å²) in [6.07, 6.45) is 8.98. The Morgan fingerprint density at radius 2 is 1.50 bits per heavy atom. The number of benzene rings is 2. The van der Waals surface area contributed by atoms with Gasteiger partial charge in [-0.3, -0.25) is 14.8 Å². The summed E-state index contributed by atoms with van der Waals surface area (Å²) in [4.78, 5) is 23.1. The molecule has 2 aromatic carbocycles. The molecule has 3 aliphatic heterocycles. The van der Waals surface area contributed by atoms with E-state index < -0.39 is 5.72 Å². The van der Waals surface area contributed by atoms with Crippen molar-refractivity contribution in [3.8, 4) is 11.5 Å². The Kier molecular flexibility index (Phi) is 13.7. The lowest BCUT2D eigenvalue weighted by Gasteiger charge is -2.35. The fraction of sp³-hybridized carbons (Fsp3) is 0.500. The Bertz CT molecular complexity index is 1130. The first-order valence-corrected chi connectivity index (χ1v) is 13.7. The Hall–Kier alpha value is -2.81. The van der Waals surface area contributed by atoms with Crippen LogP contribution < -0.4 is 14.8 Å².